The highest BCUT2D eigenvalue weighted by molar-refractivity contribution is 6.17. The van der Waals surface area contributed by atoms with Gasteiger partial charge < -0.3 is 0 Å². The molecule has 0 fully saturated rings. The van der Waals surface area contributed by atoms with Crippen LogP contribution in [0.15, 0.2) is 12.2 Å². The highest BCUT2D eigenvalue weighted by Gasteiger charge is 1.89. The minimum absolute atomic E-state index is 0.794. The van der Waals surface area contributed by atoms with Gasteiger partial charge in [-0.05, 0) is 25.3 Å². The van der Waals surface area contributed by atoms with Crippen molar-refractivity contribution >= 4 is 17.9 Å². The molecule has 0 atom stereocenters. The molecule has 1 nitrogen and oxygen atoms in total. The van der Waals surface area contributed by atoms with Crippen LogP contribution in [0.3, 0.4) is 0 Å². The first-order valence-electron chi connectivity index (χ1n) is 5.08. The number of aldehydes is 1. The molecule has 0 aliphatic heterocycles. The van der Waals surface area contributed by atoms with Crippen LogP contribution >= 0.6 is 11.6 Å². The van der Waals surface area contributed by atoms with Gasteiger partial charge in [0.25, 0.3) is 0 Å². The predicted octanol–water partition coefficient (Wildman–Crippen LogP) is 3.71. The molecule has 0 aromatic rings. The van der Waals surface area contributed by atoms with Crippen molar-refractivity contribution in [2.75, 3.05) is 5.88 Å². The van der Waals surface area contributed by atoms with E-state index in [0.717, 1.165) is 25.0 Å². The molecule has 13 heavy (non-hydrogen) atoms. The quantitative estimate of drug-likeness (QED) is 0.241. The van der Waals surface area contributed by atoms with E-state index in [0.29, 0.717) is 0 Å². The Morgan fingerprint density at radius 3 is 2.15 bits per heavy atom. The molecule has 0 saturated carbocycles. The largest absolute Gasteiger partial charge is 0.299 e. The number of carbonyl (C=O) groups is 1. The maximum atomic E-state index is 9.91. The standard InChI is InChI=1S/C11H19ClO/c12-10-8-6-4-2-1-3-5-7-9-11-13/h7,9,11H,1-6,8,10H2/b9-7+. The molecule has 2 heteroatoms. The minimum Gasteiger partial charge on any atom is -0.299 e. The van der Waals surface area contributed by atoms with Gasteiger partial charge in [-0.2, -0.15) is 0 Å². The normalized spacial score (nSPS) is 10.8. The lowest BCUT2D eigenvalue weighted by Crippen LogP contribution is -1.80. The van der Waals surface area contributed by atoms with Crippen molar-refractivity contribution in [1.82, 2.24) is 0 Å². The zero-order valence-electron chi connectivity index (χ0n) is 8.18. The van der Waals surface area contributed by atoms with Crippen LogP contribution < -0.4 is 0 Å². The summed E-state index contributed by atoms with van der Waals surface area (Å²) in [6, 6.07) is 0. The Morgan fingerprint density at radius 1 is 0.923 bits per heavy atom. The Bertz CT molecular complexity index is 132. The van der Waals surface area contributed by atoms with Crippen molar-refractivity contribution in [3.8, 4) is 0 Å². The van der Waals surface area contributed by atoms with E-state index in [9.17, 15) is 4.79 Å². The summed E-state index contributed by atoms with van der Waals surface area (Å²) in [4.78, 5) is 9.91. The van der Waals surface area contributed by atoms with E-state index >= 15 is 0 Å². The van der Waals surface area contributed by atoms with Crippen molar-refractivity contribution in [1.29, 1.82) is 0 Å². The number of alkyl halides is 1. The number of unbranched alkanes of at least 4 members (excludes halogenated alkanes) is 6. The Kier molecular flexibility index (Phi) is 11.4. The molecule has 76 valence electrons. The minimum atomic E-state index is 0.794. The van der Waals surface area contributed by atoms with Crippen LogP contribution in [0.4, 0.5) is 0 Å². The molecule has 0 rings (SSSR count). The Morgan fingerprint density at radius 2 is 1.54 bits per heavy atom. The van der Waals surface area contributed by atoms with Crippen LogP contribution in [0.5, 0.6) is 0 Å². The summed E-state index contributed by atoms with van der Waals surface area (Å²) in [6.07, 6.45) is 12.8. The van der Waals surface area contributed by atoms with Crippen molar-refractivity contribution in [3.05, 3.63) is 12.2 Å². The summed E-state index contributed by atoms with van der Waals surface area (Å²) in [7, 11) is 0. The number of hydrogen-bond acceptors (Lipinski definition) is 1. The number of carbonyl (C=O) groups excluding carboxylic acids is 1. The van der Waals surface area contributed by atoms with E-state index in [1.807, 2.05) is 6.08 Å². The highest BCUT2D eigenvalue weighted by atomic mass is 35.5. The summed E-state index contributed by atoms with van der Waals surface area (Å²) in [6.45, 7) is 0. The Labute approximate surface area is 86.2 Å². The average Bonchev–Trinajstić information content (AvgIpc) is 2.16. The number of halogens is 1. The molecule has 0 aliphatic rings. The van der Waals surface area contributed by atoms with Crippen LogP contribution in [0.1, 0.15) is 44.9 Å². The van der Waals surface area contributed by atoms with Crippen molar-refractivity contribution in [3.63, 3.8) is 0 Å². The predicted molar refractivity (Wildman–Crippen MR) is 58.2 cm³/mol. The second-order valence-corrected chi connectivity index (χ2v) is 3.54. The summed E-state index contributed by atoms with van der Waals surface area (Å²) >= 11 is 5.56. The van der Waals surface area contributed by atoms with Gasteiger partial charge in [-0.3, -0.25) is 4.79 Å². The third-order valence-electron chi connectivity index (χ3n) is 1.97. The monoisotopic (exact) mass is 202 g/mol. The Balaban J connectivity index is 2.91. The zero-order chi connectivity index (χ0) is 9.78. The molecule has 0 spiro atoms. The van der Waals surface area contributed by atoms with Crippen LogP contribution in [0, 0.1) is 0 Å². The van der Waals surface area contributed by atoms with E-state index in [1.165, 1.54) is 32.1 Å². The molecule has 0 radical (unpaired) electrons. The summed E-state index contributed by atoms with van der Waals surface area (Å²) < 4.78 is 0. The summed E-state index contributed by atoms with van der Waals surface area (Å²) in [5.41, 5.74) is 0. The fraction of sp³-hybridized carbons (Fsp3) is 0.727. The molecule has 0 bridgehead atoms. The third kappa shape index (κ3) is 11.7. The fourth-order valence-corrected chi connectivity index (χ4v) is 1.40. The molecular weight excluding hydrogens is 184 g/mol. The van der Waals surface area contributed by atoms with Crippen LogP contribution in [-0.4, -0.2) is 12.2 Å². The molecule has 0 unspecified atom stereocenters. The van der Waals surface area contributed by atoms with Crippen LogP contribution in [0.2, 0.25) is 0 Å². The number of allylic oxidation sites excluding steroid dienone is 2. The van der Waals surface area contributed by atoms with E-state index in [1.54, 1.807) is 6.08 Å². The third-order valence-corrected chi connectivity index (χ3v) is 2.24. The SMILES string of the molecule is O=C/C=C/CCCCCCCCCl. The summed E-state index contributed by atoms with van der Waals surface area (Å²) in [5, 5.41) is 0. The van der Waals surface area contributed by atoms with Gasteiger partial charge in [0.15, 0.2) is 0 Å². The van der Waals surface area contributed by atoms with Gasteiger partial charge in [-0.1, -0.05) is 31.8 Å². The number of rotatable bonds is 9. The topological polar surface area (TPSA) is 17.1 Å². The fourth-order valence-electron chi connectivity index (χ4n) is 1.22. The van der Waals surface area contributed by atoms with Gasteiger partial charge in [-0.15, -0.1) is 11.6 Å². The number of hydrogen-bond donors (Lipinski definition) is 0. The average molecular weight is 203 g/mol. The maximum Gasteiger partial charge on any atom is 0.142 e. The van der Waals surface area contributed by atoms with Crippen molar-refractivity contribution in [2.45, 2.75) is 44.9 Å². The lowest BCUT2D eigenvalue weighted by Gasteiger charge is -1.97. The van der Waals surface area contributed by atoms with Gasteiger partial charge in [0.2, 0.25) is 0 Å². The molecule has 0 aromatic carbocycles. The molecule has 0 aromatic heterocycles. The van der Waals surface area contributed by atoms with Crippen molar-refractivity contribution < 1.29 is 4.79 Å². The first kappa shape index (κ1) is 12.7. The first-order valence-corrected chi connectivity index (χ1v) is 5.61. The molecule has 0 saturated heterocycles. The van der Waals surface area contributed by atoms with E-state index in [2.05, 4.69) is 0 Å². The van der Waals surface area contributed by atoms with Crippen LogP contribution in [-0.2, 0) is 4.79 Å². The molecule has 0 N–H and O–H groups in total. The lowest BCUT2D eigenvalue weighted by atomic mass is 10.1. The van der Waals surface area contributed by atoms with Gasteiger partial charge in [0.05, 0.1) is 0 Å². The second-order valence-electron chi connectivity index (χ2n) is 3.16. The van der Waals surface area contributed by atoms with Gasteiger partial charge in [0, 0.05) is 5.88 Å². The molecule has 0 amide bonds. The zero-order valence-corrected chi connectivity index (χ0v) is 8.93. The molecule has 0 aliphatic carbocycles. The molecular formula is C11H19ClO. The van der Waals surface area contributed by atoms with E-state index in [4.69, 9.17) is 11.6 Å². The van der Waals surface area contributed by atoms with E-state index in [-0.39, 0.29) is 0 Å². The maximum absolute atomic E-state index is 9.91. The van der Waals surface area contributed by atoms with Gasteiger partial charge >= 0.3 is 0 Å². The highest BCUT2D eigenvalue weighted by Crippen LogP contribution is 2.07. The van der Waals surface area contributed by atoms with Crippen molar-refractivity contribution in [2.24, 2.45) is 0 Å². The summed E-state index contributed by atoms with van der Waals surface area (Å²) in [5.74, 6) is 0.794. The lowest BCUT2D eigenvalue weighted by molar-refractivity contribution is -0.104. The molecule has 0 heterocycles. The first-order chi connectivity index (χ1) is 6.41. The van der Waals surface area contributed by atoms with Gasteiger partial charge in [-0.25, -0.2) is 0 Å². The second kappa shape index (κ2) is 11.7. The Hall–Kier alpha value is -0.300. The van der Waals surface area contributed by atoms with Crippen LogP contribution in [0.25, 0.3) is 0 Å². The van der Waals surface area contributed by atoms with Gasteiger partial charge in [0.1, 0.15) is 6.29 Å². The van der Waals surface area contributed by atoms with E-state index < -0.39 is 0 Å². The smallest absolute Gasteiger partial charge is 0.142 e.